The number of carboxylic acid groups (broad SMARTS) is 1. The van der Waals surface area contributed by atoms with Crippen molar-refractivity contribution in [2.75, 3.05) is 0 Å². The van der Waals surface area contributed by atoms with E-state index in [2.05, 4.69) is 13.8 Å². The molecule has 0 rings (SSSR count). The van der Waals surface area contributed by atoms with E-state index >= 15 is 0 Å². The van der Waals surface area contributed by atoms with Crippen LogP contribution in [0.15, 0.2) is 0 Å². The maximum Gasteiger partial charge on any atom is 0.306 e. The van der Waals surface area contributed by atoms with Gasteiger partial charge in [0.05, 0.1) is 5.92 Å². The van der Waals surface area contributed by atoms with Gasteiger partial charge in [0.25, 0.3) is 0 Å². The van der Waals surface area contributed by atoms with Crippen molar-refractivity contribution in [1.29, 1.82) is 0 Å². The Morgan fingerprint density at radius 3 is 1.92 bits per heavy atom. The highest BCUT2D eigenvalue weighted by atomic mass is 16.4. The lowest BCUT2D eigenvalue weighted by atomic mass is 9.89. The Balaban J connectivity index is 3.88. The normalized spacial score (nSPS) is 13.8. The van der Waals surface area contributed by atoms with Crippen molar-refractivity contribution < 1.29 is 9.90 Å². The Hall–Kier alpha value is -0.530. The summed E-state index contributed by atoms with van der Waals surface area (Å²) in [5.74, 6) is 0.0462. The minimum atomic E-state index is -0.648. The molecule has 0 saturated carbocycles. The first-order chi connectivity index (χ1) is 5.45. The molecule has 0 aliphatic rings. The average Bonchev–Trinajstić information content (AvgIpc) is 1.84. The summed E-state index contributed by atoms with van der Waals surface area (Å²) in [6.07, 6.45) is 1.82. The van der Waals surface area contributed by atoms with Gasteiger partial charge in [-0.25, -0.2) is 0 Å². The highest BCUT2D eigenvalue weighted by Crippen LogP contribution is 2.19. The molecule has 0 bridgehead atoms. The van der Waals surface area contributed by atoms with E-state index in [1.54, 1.807) is 0 Å². The van der Waals surface area contributed by atoms with E-state index in [-0.39, 0.29) is 11.8 Å². The van der Waals surface area contributed by atoms with Crippen molar-refractivity contribution in [1.82, 2.24) is 0 Å². The van der Waals surface area contributed by atoms with Gasteiger partial charge in [-0.15, -0.1) is 0 Å². The monoisotopic (exact) mass is 172 g/mol. The first kappa shape index (κ1) is 11.5. The largest absolute Gasteiger partial charge is 0.481 e. The molecule has 1 unspecified atom stereocenters. The van der Waals surface area contributed by atoms with E-state index in [0.717, 1.165) is 12.8 Å². The second-order valence-electron chi connectivity index (χ2n) is 4.16. The van der Waals surface area contributed by atoms with Crippen LogP contribution >= 0.6 is 0 Å². The molecule has 1 N–H and O–H groups in total. The second kappa shape index (κ2) is 5.18. The zero-order valence-electron chi connectivity index (χ0n) is 8.50. The molecule has 0 heterocycles. The van der Waals surface area contributed by atoms with Crippen LogP contribution in [-0.4, -0.2) is 11.1 Å². The summed E-state index contributed by atoms with van der Waals surface area (Å²) >= 11 is 0. The van der Waals surface area contributed by atoms with Crippen LogP contribution in [0.3, 0.4) is 0 Å². The van der Waals surface area contributed by atoms with Crippen LogP contribution in [0.2, 0.25) is 0 Å². The number of carboxylic acids is 1. The molecule has 72 valence electrons. The maximum atomic E-state index is 10.8. The van der Waals surface area contributed by atoms with Crippen LogP contribution in [-0.2, 0) is 4.79 Å². The van der Waals surface area contributed by atoms with Gasteiger partial charge < -0.3 is 5.11 Å². The van der Waals surface area contributed by atoms with Crippen molar-refractivity contribution in [3.8, 4) is 0 Å². The highest BCUT2D eigenvalue weighted by molar-refractivity contribution is 5.70. The third kappa shape index (κ3) is 4.37. The predicted molar refractivity (Wildman–Crippen MR) is 50.0 cm³/mol. The summed E-state index contributed by atoms with van der Waals surface area (Å²) < 4.78 is 0. The van der Waals surface area contributed by atoms with Crippen LogP contribution in [0.25, 0.3) is 0 Å². The number of hydrogen-bond acceptors (Lipinski definition) is 1. The standard InChI is InChI=1S/C10H20O2/c1-7(2)5-6-9(8(3)4)10(11)12/h7-9H,5-6H2,1-4H3,(H,11,12). The lowest BCUT2D eigenvalue weighted by molar-refractivity contribution is -0.143. The number of hydrogen-bond donors (Lipinski definition) is 1. The predicted octanol–water partition coefficient (Wildman–Crippen LogP) is 2.78. The quantitative estimate of drug-likeness (QED) is 0.692. The zero-order valence-corrected chi connectivity index (χ0v) is 8.50. The molecule has 1 atom stereocenters. The fourth-order valence-electron chi connectivity index (χ4n) is 1.25. The van der Waals surface area contributed by atoms with E-state index in [9.17, 15) is 4.79 Å². The average molecular weight is 172 g/mol. The molecule has 0 saturated heterocycles. The molecule has 0 aromatic rings. The van der Waals surface area contributed by atoms with Crippen LogP contribution in [0.1, 0.15) is 40.5 Å². The fourth-order valence-corrected chi connectivity index (χ4v) is 1.25. The Kier molecular flexibility index (Phi) is 4.95. The molecule has 2 nitrogen and oxygen atoms in total. The summed E-state index contributed by atoms with van der Waals surface area (Å²) in [6, 6.07) is 0. The smallest absolute Gasteiger partial charge is 0.306 e. The first-order valence-corrected chi connectivity index (χ1v) is 4.68. The van der Waals surface area contributed by atoms with E-state index < -0.39 is 5.97 Å². The molecular weight excluding hydrogens is 152 g/mol. The summed E-state index contributed by atoms with van der Waals surface area (Å²) in [6.45, 7) is 8.19. The van der Waals surface area contributed by atoms with Gasteiger partial charge in [-0.1, -0.05) is 34.1 Å². The third-order valence-corrected chi connectivity index (χ3v) is 2.18. The molecule has 0 aromatic heterocycles. The van der Waals surface area contributed by atoms with Crippen molar-refractivity contribution in [2.24, 2.45) is 17.8 Å². The molecule has 0 amide bonds. The van der Waals surface area contributed by atoms with Crippen molar-refractivity contribution >= 4 is 5.97 Å². The van der Waals surface area contributed by atoms with Crippen molar-refractivity contribution in [3.05, 3.63) is 0 Å². The lowest BCUT2D eigenvalue weighted by Crippen LogP contribution is -2.20. The van der Waals surface area contributed by atoms with E-state index in [1.165, 1.54) is 0 Å². The van der Waals surface area contributed by atoms with Gasteiger partial charge in [-0.05, 0) is 18.3 Å². The summed E-state index contributed by atoms with van der Waals surface area (Å²) in [5.41, 5.74) is 0. The topological polar surface area (TPSA) is 37.3 Å². The highest BCUT2D eigenvalue weighted by Gasteiger charge is 2.20. The maximum absolute atomic E-state index is 10.8. The molecule has 0 aliphatic heterocycles. The van der Waals surface area contributed by atoms with Crippen LogP contribution in [0, 0.1) is 17.8 Å². The molecule has 0 spiro atoms. The molecule has 0 radical (unpaired) electrons. The van der Waals surface area contributed by atoms with Gasteiger partial charge in [0.2, 0.25) is 0 Å². The van der Waals surface area contributed by atoms with E-state index in [0.29, 0.717) is 5.92 Å². The number of aliphatic carboxylic acids is 1. The SMILES string of the molecule is CC(C)CCC(C(=O)O)C(C)C. The van der Waals surface area contributed by atoms with Crippen molar-refractivity contribution in [3.63, 3.8) is 0 Å². The summed E-state index contributed by atoms with van der Waals surface area (Å²) in [7, 11) is 0. The lowest BCUT2D eigenvalue weighted by Gasteiger charge is -2.16. The van der Waals surface area contributed by atoms with Crippen LogP contribution < -0.4 is 0 Å². The van der Waals surface area contributed by atoms with E-state index in [1.807, 2.05) is 13.8 Å². The van der Waals surface area contributed by atoms with E-state index in [4.69, 9.17) is 5.11 Å². The molecule has 0 aliphatic carbocycles. The molecule has 0 aromatic carbocycles. The molecule has 2 heteroatoms. The third-order valence-electron chi connectivity index (χ3n) is 2.18. The van der Waals surface area contributed by atoms with Gasteiger partial charge >= 0.3 is 5.97 Å². The number of carbonyl (C=O) groups is 1. The molecular formula is C10H20O2. The summed E-state index contributed by atoms with van der Waals surface area (Å²) in [5, 5.41) is 8.86. The van der Waals surface area contributed by atoms with Gasteiger partial charge in [-0.3, -0.25) is 4.79 Å². The second-order valence-corrected chi connectivity index (χ2v) is 4.16. The molecule has 0 fully saturated rings. The Labute approximate surface area is 75.0 Å². The van der Waals surface area contributed by atoms with Gasteiger partial charge in [0.1, 0.15) is 0 Å². The Morgan fingerprint density at radius 2 is 1.67 bits per heavy atom. The van der Waals surface area contributed by atoms with Crippen LogP contribution in [0.5, 0.6) is 0 Å². The minimum absolute atomic E-state index is 0.160. The first-order valence-electron chi connectivity index (χ1n) is 4.68. The van der Waals surface area contributed by atoms with Crippen LogP contribution in [0.4, 0.5) is 0 Å². The Bertz CT molecular complexity index is 139. The number of rotatable bonds is 5. The fraction of sp³-hybridized carbons (Fsp3) is 0.900. The molecule has 12 heavy (non-hydrogen) atoms. The summed E-state index contributed by atoms with van der Waals surface area (Å²) in [4.78, 5) is 10.8. The Morgan fingerprint density at radius 1 is 1.17 bits per heavy atom. The van der Waals surface area contributed by atoms with Crippen molar-refractivity contribution in [2.45, 2.75) is 40.5 Å². The van der Waals surface area contributed by atoms with Gasteiger partial charge in [-0.2, -0.15) is 0 Å². The van der Waals surface area contributed by atoms with Gasteiger partial charge in [0.15, 0.2) is 0 Å². The zero-order chi connectivity index (χ0) is 9.72. The minimum Gasteiger partial charge on any atom is -0.481 e. The van der Waals surface area contributed by atoms with Gasteiger partial charge in [0, 0.05) is 0 Å².